The van der Waals surface area contributed by atoms with Crippen molar-refractivity contribution in [3.8, 4) is 23.0 Å². The van der Waals surface area contributed by atoms with Crippen LogP contribution in [0, 0.1) is 0 Å². The van der Waals surface area contributed by atoms with E-state index in [4.69, 9.17) is 20.9 Å². The molecule has 4 heteroatoms. The molecule has 0 bridgehead atoms. The smallest absolute Gasteiger partial charge is 0.150 e. The molecule has 4 N–H and O–H groups in total. The Balaban J connectivity index is 1.29. The third-order valence-electron chi connectivity index (χ3n) is 8.70. The molecular weight excluding hydrogens is 552 g/mol. The fraction of sp³-hybridized carbons (Fsp3) is 0.415. The number of nitrogen functional groups attached to an aromatic ring is 2. The van der Waals surface area contributed by atoms with Crippen molar-refractivity contribution >= 4 is 11.4 Å². The molecule has 0 saturated carbocycles. The molecule has 0 aliphatic carbocycles. The lowest BCUT2D eigenvalue weighted by atomic mass is 9.86. The lowest BCUT2D eigenvalue weighted by Gasteiger charge is -2.19. The Kier molecular flexibility index (Phi) is 14.7. The first-order chi connectivity index (χ1) is 22.1. The maximum atomic E-state index is 6.09. The molecule has 0 heterocycles. The van der Waals surface area contributed by atoms with Crippen LogP contribution in [0.5, 0.6) is 23.0 Å². The highest BCUT2D eigenvalue weighted by molar-refractivity contribution is 5.54. The number of para-hydroxylation sites is 4. The SMILES string of the molecule is CCCCCCCCCCCCCCCCC(c1ccc(Oc2ccccc2N)cc1)c1ccc(Oc2ccccc2N)cc1. The zero-order valence-corrected chi connectivity index (χ0v) is 27.4. The second kappa shape index (κ2) is 19.5. The zero-order valence-electron chi connectivity index (χ0n) is 27.4. The predicted molar refractivity (Wildman–Crippen MR) is 192 cm³/mol. The molecule has 0 aliphatic rings. The number of unbranched alkanes of at least 4 members (excludes halogenated alkanes) is 13. The van der Waals surface area contributed by atoms with Crippen molar-refractivity contribution in [2.24, 2.45) is 0 Å². The Morgan fingerprint density at radius 2 is 0.800 bits per heavy atom. The van der Waals surface area contributed by atoms with Gasteiger partial charge in [0, 0.05) is 5.92 Å². The highest BCUT2D eigenvalue weighted by Gasteiger charge is 2.15. The minimum atomic E-state index is 0.300. The van der Waals surface area contributed by atoms with Gasteiger partial charge in [0.1, 0.15) is 23.0 Å². The number of nitrogens with two attached hydrogens (primary N) is 2. The van der Waals surface area contributed by atoms with E-state index in [1.165, 1.54) is 101 Å². The van der Waals surface area contributed by atoms with Crippen LogP contribution in [0.2, 0.25) is 0 Å². The van der Waals surface area contributed by atoms with Crippen molar-refractivity contribution < 1.29 is 9.47 Å². The number of rotatable bonds is 21. The number of ether oxygens (including phenoxy) is 2. The van der Waals surface area contributed by atoms with Gasteiger partial charge in [0.05, 0.1) is 11.4 Å². The van der Waals surface area contributed by atoms with Gasteiger partial charge in [-0.25, -0.2) is 0 Å². The lowest BCUT2D eigenvalue weighted by Crippen LogP contribution is -2.02. The molecule has 0 aromatic heterocycles. The molecule has 0 amide bonds. The van der Waals surface area contributed by atoms with Gasteiger partial charge in [-0.2, -0.15) is 0 Å². The van der Waals surface area contributed by atoms with Crippen molar-refractivity contribution in [2.75, 3.05) is 11.5 Å². The quantitative estimate of drug-likeness (QED) is 0.0731. The molecule has 0 radical (unpaired) electrons. The van der Waals surface area contributed by atoms with Gasteiger partial charge in [-0.15, -0.1) is 0 Å². The molecule has 4 aromatic carbocycles. The van der Waals surface area contributed by atoms with Crippen LogP contribution in [0.4, 0.5) is 11.4 Å². The molecule has 0 unspecified atom stereocenters. The van der Waals surface area contributed by atoms with Crippen LogP contribution in [0.1, 0.15) is 120 Å². The monoisotopic (exact) mass is 606 g/mol. The molecule has 0 fully saturated rings. The summed E-state index contributed by atoms with van der Waals surface area (Å²) in [4.78, 5) is 0. The molecule has 4 aromatic rings. The first kappa shape index (κ1) is 34.0. The second-order valence-corrected chi connectivity index (χ2v) is 12.4. The molecule has 4 nitrogen and oxygen atoms in total. The van der Waals surface area contributed by atoms with Gasteiger partial charge >= 0.3 is 0 Å². The fourth-order valence-corrected chi connectivity index (χ4v) is 6.01. The van der Waals surface area contributed by atoms with E-state index in [1.54, 1.807) is 0 Å². The molecular formula is C41H54N2O2. The van der Waals surface area contributed by atoms with E-state index in [0.717, 1.165) is 17.9 Å². The van der Waals surface area contributed by atoms with Gasteiger partial charge in [0.2, 0.25) is 0 Å². The number of anilines is 2. The van der Waals surface area contributed by atoms with Crippen molar-refractivity contribution in [1.29, 1.82) is 0 Å². The van der Waals surface area contributed by atoms with E-state index >= 15 is 0 Å². The van der Waals surface area contributed by atoms with Crippen LogP contribution in [0.3, 0.4) is 0 Å². The Morgan fingerprint density at radius 3 is 1.18 bits per heavy atom. The van der Waals surface area contributed by atoms with E-state index in [-0.39, 0.29) is 0 Å². The summed E-state index contributed by atoms with van der Waals surface area (Å²) in [6.07, 6.45) is 20.3. The summed E-state index contributed by atoms with van der Waals surface area (Å²) in [5, 5.41) is 0. The molecule has 0 saturated heterocycles. The molecule has 0 aliphatic heterocycles. The number of benzene rings is 4. The van der Waals surface area contributed by atoms with Crippen molar-refractivity contribution in [1.82, 2.24) is 0 Å². The molecule has 0 atom stereocenters. The Bertz CT molecular complexity index is 1280. The Labute approximate surface area is 272 Å². The summed E-state index contributed by atoms with van der Waals surface area (Å²) < 4.78 is 12.1. The molecule has 4 rings (SSSR count). The van der Waals surface area contributed by atoms with Crippen molar-refractivity contribution in [2.45, 2.75) is 109 Å². The number of hydrogen-bond acceptors (Lipinski definition) is 4. The van der Waals surface area contributed by atoms with Crippen LogP contribution in [-0.2, 0) is 0 Å². The Hall–Kier alpha value is -3.92. The second-order valence-electron chi connectivity index (χ2n) is 12.4. The van der Waals surface area contributed by atoms with Crippen molar-refractivity contribution in [3.63, 3.8) is 0 Å². The Morgan fingerprint density at radius 1 is 0.444 bits per heavy atom. The van der Waals surface area contributed by atoms with Gasteiger partial charge in [-0.3, -0.25) is 0 Å². The highest BCUT2D eigenvalue weighted by atomic mass is 16.5. The van der Waals surface area contributed by atoms with Gasteiger partial charge in [0.25, 0.3) is 0 Å². The third-order valence-corrected chi connectivity index (χ3v) is 8.70. The van der Waals surface area contributed by atoms with E-state index in [1.807, 2.05) is 48.5 Å². The largest absolute Gasteiger partial charge is 0.455 e. The highest BCUT2D eigenvalue weighted by Crippen LogP contribution is 2.35. The molecule has 240 valence electrons. The van der Waals surface area contributed by atoms with Gasteiger partial charge in [-0.1, -0.05) is 145 Å². The normalized spacial score (nSPS) is 11.2. The van der Waals surface area contributed by atoms with Gasteiger partial charge < -0.3 is 20.9 Å². The summed E-state index contributed by atoms with van der Waals surface area (Å²) in [6.45, 7) is 2.29. The third kappa shape index (κ3) is 11.8. The zero-order chi connectivity index (χ0) is 31.5. The minimum Gasteiger partial charge on any atom is -0.455 e. The summed E-state index contributed by atoms with van der Waals surface area (Å²) in [6, 6.07) is 32.2. The fourth-order valence-electron chi connectivity index (χ4n) is 6.01. The first-order valence-electron chi connectivity index (χ1n) is 17.4. The first-order valence-corrected chi connectivity index (χ1v) is 17.4. The van der Waals surface area contributed by atoms with Crippen LogP contribution in [0.25, 0.3) is 0 Å². The van der Waals surface area contributed by atoms with E-state index in [0.29, 0.717) is 28.8 Å². The van der Waals surface area contributed by atoms with E-state index in [2.05, 4.69) is 55.5 Å². The van der Waals surface area contributed by atoms with E-state index < -0.39 is 0 Å². The van der Waals surface area contributed by atoms with Crippen LogP contribution in [-0.4, -0.2) is 0 Å². The average molecular weight is 607 g/mol. The minimum absolute atomic E-state index is 0.300. The van der Waals surface area contributed by atoms with Crippen molar-refractivity contribution in [3.05, 3.63) is 108 Å². The summed E-state index contributed by atoms with van der Waals surface area (Å²) >= 11 is 0. The molecule has 0 spiro atoms. The maximum absolute atomic E-state index is 6.09. The lowest BCUT2D eigenvalue weighted by molar-refractivity contribution is 0.484. The van der Waals surface area contributed by atoms with Gasteiger partial charge in [-0.05, 0) is 66.1 Å². The average Bonchev–Trinajstić information content (AvgIpc) is 3.06. The summed E-state index contributed by atoms with van der Waals surface area (Å²) in [7, 11) is 0. The van der Waals surface area contributed by atoms with E-state index in [9.17, 15) is 0 Å². The predicted octanol–water partition coefficient (Wildman–Crippen LogP) is 12.4. The summed E-state index contributed by atoms with van der Waals surface area (Å²) in [5.74, 6) is 3.24. The van der Waals surface area contributed by atoms with Gasteiger partial charge in [0.15, 0.2) is 0 Å². The topological polar surface area (TPSA) is 70.5 Å². The summed E-state index contributed by atoms with van der Waals surface area (Å²) in [5.41, 5.74) is 16.0. The van der Waals surface area contributed by atoms with Crippen LogP contribution < -0.4 is 20.9 Å². The van der Waals surface area contributed by atoms with Crippen LogP contribution >= 0.6 is 0 Å². The standard InChI is InChI=1S/C41H54N2O2/c1-2-3-4-5-6-7-8-9-10-11-12-13-14-15-20-37(33-25-29-35(30-26-33)44-40-23-18-16-21-38(40)42)34-27-31-36(32-28-34)45-41-24-19-17-22-39(41)43/h16-19,21-32,37H,2-15,20,42-43H2,1H3. The number of hydrogen-bond donors (Lipinski definition) is 2. The molecule has 45 heavy (non-hydrogen) atoms. The van der Waals surface area contributed by atoms with Crippen LogP contribution in [0.15, 0.2) is 97.1 Å². The maximum Gasteiger partial charge on any atom is 0.150 e.